The molecule has 0 saturated carbocycles. The highest BCUT2D eigenvalue weighted by Crippen LogP contribution is 2.31. The quantitative estimate of drug-likeness (QED) is 0.811. The third kappa shape index (κ3) is 3.57. The second kappa shape index (κ2) is 7.07. The summed E-state index contributed by atoms with van der Waals surface area (Å²) in [5.41, 5.74) is 2.10. The lowest BCUT2D eigenvalue weighted by Crippen LogP contribution is -2.00. The molecule has 0 fully saturated rings. The van der Waals surface area contributed by atoms with Crippen LogP contribution in [0.15, 0.2) is 47.5 Å². The van der Waals surface area contributed by atoms with Gasteiger partial charge in [0.05, 0.1) is 12.2 Å². The summed E-state index contributed by atoms with van der Waals surface area (Å²) >= 11 is 7.75. The first-order valence-corrected chi connectivity index (χ1v) is 8.35. The zero-order valence-electron chi connectivity index (χ0n) is 12.2. The lowest BCUT2D eigenvalue weighted by Gasteiger charge is -2.12. The molecule has 0 spiro atoms. The van der Waals surface area contributed by atoms with E-state index in [-0.39, 0.29) is 0 Å². The molecule has 0 atom stereocenters. The second-order valence-corrected chi connectivity index (χ2v) is 6.34. The Hall–Kier alpha value is -1.65. The third-order valence-corrected chi connectivity index (χ3v) is 4.54. The summed E-state index contributed by atoms with van der Waals surface area (Å²) in [5, 5.41) is 1.78. The molecule has 0 aliphatic carbocycles. The van der Waals surface area contributed by atoms with E-state index in [0.717, 1.165) is 40.0 Å². The lowest BCUT2D eigenvalue weighted by molar-refractivity contribution is 0.284. The largest absolute Gasteiger partial charge is 0.493 e. The Labute approximate surface area is 139 Å². The maximum absolute atomic E-state index is 5.98. The summed E-state index contributed by atoms with van der Waals surface area (Å²) in [6.45, 7) is 1.33. The molecule has 0 saturated heterocycles. The smallest absolute Gasteiger partial charge is 0.161 e. The SMILES string of the molecule is COc1cc(C2=NCCS2)ccc1OCc1cccc(Cl)c1. The highest BCUT2D eigenvalue weighted by atomic mass is 35.5. The first-order valence-electron chi connectivity index (χ1n) is 6.99. The number of thioether (sulfide) groups is 1. The second-order valence-electron chi connectivity index (χ2n) is 4.82. The molecule has 0 aromatic heterocycles. The summed E-state index contributed by atoms with van der Waals surface area (Å²) in [4.78, 5) is 4.48. The van der Waals surface area contributed by atoms with E-state index in [1.807, 2.05) is 42.5 Å². The van der Waals surface area contributed by atoms with Crippen LogP contribution < -0.4 is 9.47 Å². The van der Waals surface area contributed by atoms with Gasteiger partial charge in [0, 0.05) is 22.9 Å². The van der Waals surface area contributed by atoms with Gasteiger partial charge in [-0.25, -0.2) is 0 Å². The van der Waals surface area contributed by atoms with Crippen LogP contribution >= 0.6 is 23.4 Å². The Balaban J connectivity index is 1.75. The summed E-state index contributed by atoms with van der Waals surface area (Å²) in [7, 11) is 1.65. The maximum Gasteiger partial charge on any atom is 0.161 e. The number of halogens is 1. The fourth-order valence-electron chi connectivity index (χ4n) is 2.22. The maximum atomic E-state index is 5.98. The fraction of sp³-hybridized carbons (Fsp3) is 0.235. The van der Waals surface area contributed by atoms with Crippen molar-refractivity contribution in [1.82, 2.24) is 0 Å². The normalized spacial score (nSPS) is 13.8. The lowest BCUT2D eigenvalue weighted by atomic mass is 10.2. The third-order valence-electron chi connectivity index (χ3n) is 3.28. The van der Waals surface area contributed by atoms with Gasteiger partial charge in [-0.1, -0.05) is 23.7 Å². The van der Waals surface area contributed by atoms with Gasteiger partial charge in [0.1, 0.15) is 6.61 Å². The van der Waals surface area contributed by atoms with Crippen LogP contribution in [0.4, 0.5) is 0 Å². The highest BCUT2D eigenvalue weighted by Gasteiger charge is 2.13. The van der Waals surface area contributed by atoms with Gasteiger partial charge in [-0.15, -0.1) is 11.8 Å². The van der Waals surface area contributed by atoms with Crippen LogP contribution in [0.3, 0.4) is 0 Å². The molecule has 0 unspecified atom stereocenters. The van der Waals surface area contributed by atoms with Crippen molar-refractivity contribution in [2.45, 2.75) is 6.61 Å². The molecule has 5 heteroatoms. The molecule has 0 radical (unpaired) electrons. The number of nitrogens with zero attached hydrogens (tertiary/aromatic N) is 1. The number of rotatable bonds is 5. The van der Waals surface area contributed by atoms with Gasteiger partial charge in [0.25, 0.3) is 0 Å². The number of aliphatic imine (C=N–C) groups is 1. The molecule has 1 aliphatic heterocycles. The van der Waals surface area contributed by atoms with Gasteiger partial charge < -0.3 is 9.47 Å². The number of ether oxygens (including phenoxy) is 2. The number of benzene rings is 2. The minimum atomic E-state index is 0.450. The number of hydrogen-bond acceptors (Lipinski definition) is 4. The van der Waals surface area contributed by atoms with E-state index in [0.29, 0.717) is 11.6 Å². The summed E-state index contributed by atoms with van der Waals surface area (Å²) < 4.78 is 11.3. The molecule has 0 bridgehead atoms. The van der Waals surface area contributed by atoms with Gasteiger partial charge in [-0.3, -0.25) is 4.99 Å². The first kappa shape index (κ1) is 15.3. The van der Waals surface area contributed by atoms with Crippen molar-refractivity contribution in [3.05, 3.63) is 58.6 Å². The van der Waals surface area contributed by atoms with Crippen LogP contribution in [-0.4, -0.2) is 24.5 Å². The molecule has 1 aliphatic rings. The van der Waals surface area contributed by atoms with Crippen LogP contribution in [-0.2, 0) is 6.61 Å². The molecular weight excluding hydrogens is 318 g/mol. The van der Waals surface area contributed by atoms with E-state index in [1.165, 1.54) is 0 Å². The van der Waals surface area contributed by atoms with Crippen LogP contribution in [0.1, 0.15) is 11.1 Å². The average Bonchev–Trinajstić information content (AvgIpc) is 3.07. The Bertz CT molecular complexity index is 703. The minimum Gasteiger partial charge on any atom is -0.493 e. The van der Waals surface area contributed by atoms with Crippen molar-refractivity contribution < 1.29 is 9.47 Å². The van der Waals surface area contributed by atoms with Crippen LogP contribution in [0.2, 0.25) is 5.02 Å². The van der Waals surface area contributed by atoms with Crippen LogP contribution in [0.5, 0.6) is 11.5 Å². The number of methoxy groups -OCH3 is 1. The molecule has 114 valence electrons. The summed E-state index contributed by atoms with van der Waals surface area (Å²) in [5.74, 6) is 2.48. The van der Waals surface area contributed by atoms with Crippen molar-refractivity contribution in [3.8, 4) is 11.5 Å². The molecule has 2 aromatic carbocycles. The van der Waals surface area contributed by atoms with Crippen molar-refractivity contribution in [1.29, 1.82) is 0 Å². The topological polar surface area (TPSA) is 30.8 Å². The molecule has 3 rings (SSSR count). The predicted octanol–water partition coefficient (Wildman–Crippen LogP) is 4.42. The van der Waals surface area contributed by atoms with E-state index in [9.17, 15) is 0 Å². The summed E-state index contributed by atoms with van der Waals surface area (Å²) in [6.07, 6.45) is 0. The zero-order chi connectivity index (χ0) is 15.4. The van der Waals surface area contributed by atoms with Crippen molar-refractivity contribution in [2.24, 2.45) is 4.99 Å². The van der Waals surface area contributed by atoms with Gasteiger partial charge in [0.15, 0.2) is 11.5 Å². The zero-order valence-corrected chi connectivity index (χ0v) is 13.8. The molecule has 1 heterocycles. The van der Waals surface area contributed by atoms with E-state index in [1.54, 1.807) is 18.9 Å². The summed E-state index contributed by atoms with van der Waals surface area (Å²) in [6, 6.07) is 13.6. The Morgan fingerprint density at radius 3 is 2.82 bits per heavy atom. The molecular formula is C17H16ClNO2S. The van der Waals surface area contributed by atoms with Gasteiger partial charge >= 0.3 is 0 Å². The predicted molar refractivity (Wildman–Crippen MR) is 92.6 cm³/mol. The Morgan fingerprint density at radius 2 is 2.09 bits per heavy atom. The number of hydrogen-bond donors (Lipinski definition) is 0. The fourth-order valence-corrected chi connectivity index (χ4v) is 3.28. The molecule has 22 heavy (non-hydrogen) atoms. The van der Waals surface area contributed by atoms with Crippen LogP contribution in [0.25, 0.3) is 0 Å². The average molecular weight is 334 g/mol. The van der Waals surface area contributed by atoms with E-state index in [2.05, 4.69) is 4.99 Å². The molecule has 0 amide bonds. The van der Waals surface area contributed by atoms with E-state index in [4.69, 9.17) is 21.1 Å². The minimum absolute atomic E-state index is 0.450. The standard InChI is InChI=1S/C17H16ClNO2S/c1-20-16-10-13(17-19-7-8-22-17)5-6-15(16)21-11-12-3-2-4-14(18)9-12/h2-6,9-10H,7-8,11H2,1H3. The first-order chi connectivity index (χ1) is 10.8. The van der Waals surface area contributed by atoms with Gasteiger partial charge in [0.2, 0.25) is 0 Å². The van der Waals surface area contributed by atoms with Gasteiger partial charge in [-0.2, -0.15) is 0 Å². The highest BCUT2D eigenvalue weighted by molar-refractivity contribution is 8.14. The monoisotopic (exact) mass is 333 g/mol. The Kier molecular flexibility index (Phi) is 4.90. The van der Waals surface area contributed by atoms with Crippen molar-refractivity contribution in [2.75, 3.05) is 19.4 Å². The molecule has 2 aromatic rings. The molecule has 3 nitrogen and oxygen atoms in total. The van der Waals surface area contributed by atoms with E-state index >= 15 is 0 Å². The Morgan fingerprint density at radius 1 is 1.18 bits per heavy atom. The van der Waals surface area contributed by atoms with Crippen LogP contribution in [0, 0.1) is 0 Å². The van der Waals surface area contributed by atoms with Crippen molar-refractivity contribution >= 4 is 28.4 Å². The van der Waals surface area contributed by atoms with E-state index < -0.39 is 0 Å². The molecule has 0 N–H and O–H groups in total. The van der Waals surface area contributed by atoms with Gasteiger partial charge in [-0.05, 0) is 35.9 Å². The van der Waals surface area contributed by atoms with Crippen molar-refractivity contribution in [3.63, 3.8) is 0 Å².